The molecule has 0 aromatic rings. The van der Waals surface area contributed by atoms with Gasteiger partial charge in [-0.05, 0) is 19.3 Å². The molecule has 0 bridgehead atoms. The molecule has 86 valence electrons. The van der Waals surface area contributed by atoms with Gasteiger partial charge in [0.05, 0.1) is 0 Å². The van der Waals surface area contributed by atoms with Crippen molar-refractivity contribution in [2.75, 3.05) is 5.75 Å². The minimum absolute atomic E-state index is 0.127. The molecule has 0 amide bonds. The van der Waals surface area contributed by atoms with E-state index >= 15 is 0 Å². The van der Waals surface area contributed by atoms with E-state index in [2.05, 4.69) is 20.8 Å². The summed E-state index contributed by atoms with van der Waals surface area (Å²) in [5.74, 6) is 0.826. The van der Waals surface area contributed by atoms with E-state index in [0.717, 1.165) is 37.9 Å². The van der Waals surface area contributed by atoms with Crippen molar-refractivity contribution in [3.8, 4) is 0 Å². The molecule has 2 nitrogen and oxygen atoms in total. The molecule has 0 saturated carbocycles. The van der Waals surface area contributed by atoms with E-state index < -0.39 is 10.8 Å². The molecule has 3 heteroatoms. The van der Waals surface area contributed by atoms with Gasteiger partial charge in [-0.25, -0.2) is 0 Å². The van der Waals surface area contributed by atoms with Crippen molar-refractivity contribution in [1.29, 1.82) is 0 Å². The highest BCUT2D eigenvalue weighted by Crippen LogP contribution is 2.12. The Kier molecular flexibility index (Phi) is 8.49. The molecule has 0 aromatic heterocycles. The number of nitrogens with two attached hydrogens (primary N) is 1. The fourth-order valence-corrected chi connectivity index (χ4v) is 3.41. The molecular weight excluding hydrogens is 194 g/mol. The van der Waals surface area contributed by atoms with Gasteiger partial charge in [0.1, 0.15) is 0 Å². The van der Waals surface area contributed by atoms with Crippen LogP contribution in [0, 0.1) is 0 Å². The summed E-state index contributed by atoms with van der Waals surface area (Å²) in [6.45, 7) is 6.34. The molecule has 0 fully saturated rings. The Labute approximate surface area is 91.1 Å². The summed E-state index contributed by atoms with van der Waals surface area (Å²) in [7, 11) is -0.714. The molecule has 2 N–H and O–H groups in total. The zero-order valence-corrected chi connectivity index (χ0v) is 10.6. The van der Waals surface area contributed by atoms with Crippen molar-refractivity contribution in [3.05, 3.63) is 0 Å². The lowest BCUT2D eigenvalue weighted by Gasteiger charge is -2.21. The van der Waals surface area contributed by atoms with Gasteiger partial charge < -0.3 is 5.73 Å². The Hall–Kier alpha value is 0.110. The van der Waals surface area contributed by atoms with Crippen LogP contribution in [0.4, 0.5) is 0 Å². The minimum Gasteiger partial charge on any atom is -0.327 e. The van der Waals surface area contributed by atoms with Crippen molar-refractivity contribution in [3.63, 3.8) is 0 Å². The lowest BCUT2D eigenvalue weighted by atomic mass is 10.1. The first-order chi connectivity index (χ1) is 6.67. The van der Waals surface area contributed by atoms with Crippen LogP contribution >= 0.6 is 0 Å². The van der Waals surface area contributed by atoms with Crippen LogP contribution in [0.3, 0.4) is 0 Å². The average Bonchev–Trinajstić information content (AvgIpc) is 2.16. The molecule has 0 heterocycles. The fraction of sp³-hybridized carbons (Fsp3) is 1.00. The average molecular weight is 219 g/mol. The monoisotopic (exact) mass is 219 g/mol. The van der Waals surface area contributed by atoms with Crippen LogP contribution in [-0.4, -0.2) is 21.3 Å². The second-order valence-corrected chi connectivity index (χ2v) is 5.61. The third-order valence-electron chi connectivity index (χ3n) is 2.54. The summed E-state index contributed by atoms with van der Waals surface area (Å²) in [4.78, 5) is 0. The van der Waals surface area contributed by atoms with Crippen LogP contribution in [0.2, 0.25) is 0 Å². The summed E-state index contributed by atoms with van der Waals surface area (Å²) < 4.78 is 11.9. The molecule has 0 aliphatic carbocycles. The van der Waals surface area contributed by atoms with E-state index in [-0.39, 0.29) is 11.3 Å². The van der Waals surface area contributed by atoms with Gasteiger partial charge in [-0.1, -0.05) is 33.6 Å². The topological polar surface area (TPSA) is 43.1 Å². The van der Waals surface area contributed by atoms with Crippen molar-refractivity contribution >= 4 is 10.8 Å². The molecule has 3 atom stereocenters. The predicted molar refractivity (Wildman–Crippen MR) is 64.9 cm³/mol. The molecular formula is C11H25NOS. The summed E-state index contributed by atoms with van der Waals surface area (Å²) >= 11 is 0. The zero-order chi connectivity index (χ0) is 11.0. The third-order valence-corrected chi connectivity index (χ3v) is 4.59. The van der Waals surface area contributed by atoms with Gasteiger partial charge >= 0.3 is 0 Å². The van der Waals surface area contributed by atoms with Gasteiger partial charge in [-0.15, -0.1) is 0 Å². The van der Waals surface area contributed by atoms with Crippen LogP contribution < -0.4 is 5.73 Å². The van der Waals surface area contributed by atoms with Gasteiger partial charge in [-0.2, -0.15) is 0 Å². The molecule has 0 spiro atoms. The highest BCUT2D eigenvalue weighted by atomic mass is 32.2. The third kappa shape index (κ3) is 5.11. The summed E-state index contributed by atoms with van der Waals surface area (Å²) in [6.07, 6.45) is 5.20. The van der Waals surface area contributed by atoms with Gasteiger partial charge in [0.15, 0.2) is 0 Å². The largest absolute Gasteiger partial charge is 0.327 e. The van der Waals surface area contributed by atoms with Crippen LogP contribution in [-0.2, 0) is 10.8 Å². The van der Waals surface area contributed by atoms with Crippen molar-refractivity contribution < 1.29 is 4.21 Å². The van der Waals surface area contributed by atoms with E-state index in [1.807, 2.05) is 0 Å². The molecule has 0 rings (SSSR count). The normalized spacial score (nSPS) is 17.7. The van der Waals surface area contributed by atoms with E-state index in [9.17, 15) is 4.21 Å². The number of unbranched alkanes of at least 4 members (excludes halogenated alkanes) is 1. The van der Waals surface area contributed by atoms with E-state index in [1.165, 1.54) is 0 Å². The Balaban J connectivity index is 4.03. The second kappa shape index (κ2) is 8.42. The first-order valence-electron chi connectivity index (χ1n) is 5.80. The minimum atomic E-state index is -0.714. The Bertz CT molecular complexity index is 161. The SMILES string of the molecule is CCCCS(=O)C(CC)C(N)CCC. The van der Waals surface area contributed by atoms with Crippen molar-refractivity contribution in [2.45, 2.75) is 64.2 Å². The van der Waals surface area contributed by atoms with Crippen LogP contribution in [0.1, 0.15) is 52.9 Å². The maximum atomic E-state index is 11.9. The molecule has 0 aromatic carbocycles. The van der Waals surface area contributed by atoms with E-state index in [4.69, 9.17) is 5.73 Å². The smallest absolute Gasteiger partial charge is 0.0496 e. The lowest BCUT2D eigenvalue weighted by Crippen LogP contribution is -2.38. The van der Waals surface area contributed by atoms with Gasteiger partial charge in [-0.3, -0.25) is 4.21 Å². The van der Waals surface area contributed by atoms with Gasteiger partial charge in [0.25, 0.3) is 0 Å². The predicted octanol–water partition coefficient (Wildman–Crippen LogP) is 2.44. The molecule has 0 radical (unpaired) electrons. The first kappa shape index (κ1) is 14.1. The standard InChI is InChI=1S/C11H25NOS/c1-4-7-9-14(13)11(6-3)10(12)8-5-2/h10-11H,4-9,12H2,1-3H3. The van der Waals surface area contributed by atoms with E-state index in [0.29, 0.717) is 0 Å². The summed E-state index contributed by atoms with van der Waals surface area (Å²) in [5, 5.41) is 0.210. The number of hydrogen-bond acceptors (Lipinski definition) is 2. The highest BCUT2D eigenvalue weighted by molar-refractivity contribution is 7.85. The van der Waals surface area contributed by atoms with Gasteiger partial charge in [0.2, 0.25) is 0 Å². The lowest BCUT2D eigenvalue weighted by molar-refractivity contribution is 0.549. The Morgan fingerprint density at radius 3 is 2.29 bits per heavy atom. The highest BCUT2D eigenvalue weighted by Gasteiger charge is 2.20. The second-order valence-electron chi connectivity index (χ2n) is 3.84. The Morgan fingerprint density at radius 2 is 1.86 bits per heavy atom. The Morgan fingerprint density at radius 1 is 1.21 bits per heavy atom. The molecule has 14 heavy (non-hydrogen) atoms. The maximum Gasteiger partial charge on any atom is 0.0496 e. The summed E-state index contributed by atoms with van der Waals surface area (Å²) in [5.41, 5.74) is 6.02. The van der Waals surface area contributed by atoms with Crippen LogP contribution in [0.5, 0.6) is 0 Å². The maximum absolute atomic E-state index is 11.9. The van der Waals surface area contributed by atoms with Crippen molar-refractivity contribution in [2.24, 2.45) is 5.73 Å². The molecule has 0 aliphatic rings. The zero-order valence-electron chi connectivity index (χ0n) is 9.79. The quantitative estimate of drug-likeness (QED) is 0.681. The van der Waals surface area contributed by atoms with Gasteiger partial charge in [0, 0.05) is 27.8 Å². The first-order valence-corrected chi connectivity index (χ1v) is 7.18. The summed E-state index contributed by atoms with van der Waals surface area (Å²) in [6, 6.07) is 0.127. The van der Waals surface area contributed by atoms with Crippen molar-refractivity contribution in [1.82, 2.24) is 0 Å². The molecule has 3 unspecified atom stereocenters. The number of rotatable bonds is 8. The van der Waals surface area contributed by atoms with Crippen LogP contribution in [0.25, 0.3) is 0 Å². The van der Waals surface area contributed by atoms with Crippen LogP contribution in [0.15, 0.2) is 0 Å². The van der Waals surface area contributed by atoms with E-state index in [1.54, 1.807) is 0 Å². The fourth-order valence-electron chi connectivity index (χ4n) is 1.64. The molecule has 0 aliphatic heterocycles. The number of hydrogen-bond donors (Lipinski definition) is 1. The molecule has 0 saturated heterocycles.